The number of para-hydroxylation sites is 1. The second-order valence-corrected chi connectivity index (χ2v) is 5.46. The minimum absolute atomic E-state index is 0.230. The Hall–Kier alpha value is -3.56. The first kappa shape index (κ1) is 16.3. The first-order chi connectivity index (χ1) is 11.8. The van der Waals surface area contributed by atoms with Crippen LogP contribution in [0.25, 0.3) is 11.2 Å². The number of fused-ring (bicyclic) bond motifs is 1. The minimum Gasteiger partial charge on any atom is -0.504 e. The number of nitrogens with one attached hydrogen (secondary N) is 1. The van der Waals surface area contributed by atoms with Gasteiger partial charge in [0.2, 0.25) is 5.95 Å². The maximum absolute atomic E-state index is 12.3. The van der Waals surface area contributed by atoms with Gasteiger partial charge in [0, 0.05) is 26.7 Å². The van der Waals surface area contributed by atoms with Gasteiger partial charge in [-0.05, 0) is 12.1 Å². The van der Waals surface area contributed by atoms with Crippen LogP contribution in [0, 0.1) is 0 Å². The van der Waals surface area contributed by atoms with Crippen LogP contribution in [0.2, 0.25) is 0 Å². The first-order valence-corrected chi connectivity index (χ1v) is 7.25. The number of rotatable bonds is 3. The predicted molar refractivity (Wildman–Crippen MR) is 92.2 cm³/mol. The summed E-state index contributed by atoms with van der Waals surface area (Å²) < 4.78 is 3.76. The Kier molecular flexibility index (Phi) is 3.79. The zero-order valence-electron chi connectivity index (χ0n) is 13.8. The van der Waals surface area contributed by atoms with Crippen molar-refractivity contribution in [3.8, 4) is 11.5 Å². The Morgan fingerprint density at radius 2 is 1.84 bits per heavy atom. The van der Waals surface area contributed by atoms with Crippen LogP contribution >= 0.6 is 0 Å². The Balaban J connectivity index is 2.02. The maximum atomic E-state index is 12.3. The highest BCUT2D eigenvalue weighted by atomic mass is 16.3. The van der Waals surface area contributed by atoms with E-state index in [0.29, 0.717) is 5.56 Å². The minimum atomic E-state index is -0.477. The number of imidazole rings is 1. The van der Waals surface area contributed by atoms with E-state index in [4.69, 9.17) is 0 Å². The van der Waals surface area contributed by atoms with Gasteiger partial charge in [0.15, 0.2) is 22.7 Å². The first-order valence-electron chi connectivity index (χ1n) is 7.25. The van der Waals surface area contributed by atoms with Crippen LogP contribution in [0.15, 0.2) is 32.9 Å². The van der Waals surface area contributed by atoms with Crippen molar-refractivity contribution in [3.63, 3.8) is 0 Å². The Morgan fingerprint density at radius 1 is 1.12 bits per heavy atom. The lowest BCUT2D eigenvalue weighted by Crippen LogP contribution is -2.37. The number of hydrogen-bond donors (Lipinski definition) is 3. The Bertz CT molecular complexity index is 1120. The van der Waals surface area contributed by atoms with Crippen LogP contribution in [0.4, 0.5) is 5.95 Å². The zero-order chi connectivity index (χ0) is 18.3. The van der Waals surface area contributed by atoms with Crippen molar-refractivity contribution >= 4 is 23.3 Å². The lowest BCUT2D eigenvalue weighted by atomic mass is 10.2. The van der Waals surface area contributed by atoms with Crippen LogP contribution in [0.3, 0.4) is 0 Å². The van der Waals surface area contributed by atoms with Crippen LogP contribution in [0.5, 0.6) is 11.5 Å². The number of hydrogen-bond acceptors (Lipinski definition) is 7. The summed E-state index contributed by atoms with van der Waals surface area (Å²) in [5.41, 5.74) is 2.50. The third-order valence-electron chi connectivity index (χ3n) is 3.89. The van der Waals surface area contributed by atoms with Crippen LogP contribution in [-0.2, 0) is 21.1 Å². The fourth-order valence-corrected chi connectivity index (χ4v) is 2.43. The highest BCUT2D eigenvalue weighted by Gasteiger charge is 2.16. The van der Waals surface area contributed by atoms with Gasteiger partial charge in [-0.3, -0.25) is 13.9 Å². The van der Waals surface area contributed by atoms with Crippen molar-refractivity contribution in [1.29, 1.82) is 0 Å². The van der Waals surface area contributed by atoms with Gasteiger partial charge in [-0.15, -0.1) is 0 Å². The molecule has 3 N–H and O–H groups in total. The van der Waals surface area contributed by atoms with Gasteiger partial charge >= 0.3 is 5.69 Å². The van der Waals surface area contributed by atoms with E-state index in [1.165, 1.54) is 35.5 Å². The number of phenolic OH excluding ortho intramolecular Hbond substituents is 2. The molecule has 0 atom stereocenters. The highest BCUT2D eigenvalue weighted by molar-refractivity contribution is 5.85. The monoisotopic (exact) mass is 344 g/mol. The summed E-state index contributed by atoms with van der Waals surface area (Å²) in [6.07, 6.45) is 1.30. The third kappa shape index (κ3) is 2.53. The summed E-state index contributed by atoms with van der Waals surface area (Å²) in [5.74, 6) is -0.316. The number of aromatic nitrogens is 4. The lowest BCUT2D eigenvalue weighted by molar-refractivity contribution is 0.403. The number of benzene rings is 1. The molecule has 2 aromatic heterocycles. The fraction of sp³-hybridized carbons (Fsp3) is 0.200. The molecule has 10 heteroatoms. The molecule has 3 aromatic rings. The molecule has 0 spiro atoms. The van der Waals surface area contributed by atoms with Crippen molar-refractivity contribution in [1.82, 2.24) is 18.7 Å². The molecular weight excluding hydrogens is 328 g/mol. The molecule has 25 heavy (non-hydrogen) atoms. The van der Waals surface area contributed by atoms with Gasteiger partial charge in [-0.25, -0.2) is 10.2 Å². The number of hydrazone groups is 1. The second-order valence-electron chi connectivity index (χ2n) is 5.46. The smallest absolute Gasteiger partial charge is 0.332 e. The van der Waals surface area contributed by atoms with Crippen LogP contribution < -0.4 is 16.7 Å². The normalized spacial score (nSPS) is 11.5. The topological polar surface area (TPSA) is 127 Å². The van der Waals surface area contributed by atoms with E-state index >= 15 is 0 Å². The molecule has 0 aliphatic carbocycles. The molecule has 0 unspecified atom stereocenters. The number of anilines is 1. The lowest BCUT2D eigenvalue weighted by Gasteiger charge is -2.03. The Labute approximate surface area is 140 Å². The number of aromatic hydroxyl groups is 2. The fourth-order valence-electron chi connectivity index (χ4n) is 2.43. The molecule has 2 heterocycles. The van der Waals surface area contributed by atoms with Gasteiger partial charge in [-0.1, -0.05) is 6.07 Å². The summed E-state index contributed by atoms with van der Waals surface area (Å²) in [6, 6.07) is 4.47. The number of phenols is 2. The predicted octanol–water partition coefficient (Wildman–Crippen LogP) is -0.172. The van der Waals surface area contributed by atoms with Crippen LogP contribution in [0.1, 0.15) is 5.56 Å². The summed E-state index contributed by atoms with van der Waals surface area (Å²) in [6.45, 7) is 0. The van der Waals surface area contributed by atoms with Gasteiger partial charge in [0.1, 0.15) is 0 Å². The molecule has 0 fully saturated rings. The summed E-state index contributed by atoms with van der Waals surface area (Å²) in [7, 11) is 4.53. The molecule has 0 saturated carbocycles. The van der Waals surface area contributed by atoms with E-state index in [0.717, 1.165) is 4.57 Å². The Morgan fingerprint density at radius 3 is 2.56 bits per heavy atom. The molecule has 0 amide bonds. The maximum Gasteiger partial charge on any atom is 0.332 e. The average molecular weight is 344 g/mol. The molecule has 130 valence electrons. The SMILES string of the molecule is Cn1c(=O)c2c(nc(NN=Cc3cccc(O)c3O)n2C)n(C)c1=O. The van der Waals surface area contributed by atoms with Gasteiger partial charge < -0.3 is 14.8 Å². The molecule has 3 rings (SSSR count). The highest BCUT2D eigenvalue weighted by Crippen LogP contribution is 2.26. The van der Waals surface area contributed by atoms with E-state index in [2.05, 4.69) is 15.5 Å². The molecule has 0 aliphatic rings. The van der Waals surface area contributed by atoms with E-state index in [1.807, 2.05) is 0 Å². The molecule has 1 aromatic carbocycles. The van der Waals surface area contributed by atoms with Crippen molar-refractivity contribution in [2.75, 3.05) is 5.43 Å². The van der Waals surface area contributed by atoms with E-state index in [-0.39, 0.29) is 28.6 Å². The summed E-state index contributed by atoms with van der Waals surface area (Å²) in [4.78, 5) is 28.5. The summed E-state index contributed by atoms with van der Waals surface area (Å²) >= 11 is 0. The van der Waals surface area contributed by atoms with Crippen molar-refractivity contribution in [2.24, 2.45) is 26.2 Å². The van der Waals surface area contributed by atoms with E-state index < -0.39 is 11.2 Å². The van der Waals surface area contributed by atoms with Crippen molar-refractivity contribution in [2.45, 2.75) is 0 Å². The molecule has 0 aliphatic heterocycles. The zero-order valence-corrected chi connectivity index (χ0v) is 13.8. The van der Waals surface area contributed by atoms with Crippen molar-refractivity contribution in [3.05, 3.63) is 44.6 Å². The summed E-state index contributed by atoms with van der Waals surface area (Å²) in [5, 5.41) is 23.1. The standard InChI is InChI=1S/C15H16N6O4/c1-19-10-12(20(2)15(25)21(3)13(10)24)17-14(19)18-16-7-8-5-4-6-9(22)11(8)23/h4-7,22-23H,1-3H3,(H,17,18). The van der Waals surface area contributed by atoms with E-state index in [9.17, 15) is 19.8 Å². The van der Waals surface area contributed by atoms with Crippen molar-refractivity contribution < 1.29 is 10.2 Å². The molecule has 10 nitrogen and oxygen atoms in total. The molecule has 0 bridgehead atoms. The quantitative estimate of drug-likeness (QED) is 0.344. The van der Waals surface area contributed by atoms with Gasteiger partial charge in [-0.2, -0.15) is 10.1 Å². The number of nitrogens with zero attached hydrogens (tertiary/aromatic N) is 5. The second kappa shape index (κ2) is 5.82. The largest absolute Gasteiger partial charge is 0.504 e. The average Bonchev–Trinajstić information content (AvgIpc) is 2.92. The third-order valence-corrected chi connectivity index (χ3v) is 3.89. The number of aryl methyl sites for hydroxylation is 2. The molecule has 0 saturated heterocycles. The van der Waals surface area contributed by atoms with E-state index in [1.54, 1.807) is 19.2 Å². The molecular formula is C15H16N6O4. The molecule has 0 radical (unpaired) electrons. The van der Waals surface area contributed by atoms with Gasteiger partial charge in [0.05, 0.1) is 6.21 Å². The van der Waals surface area contributed by atoms with Gasteiger partial charge in [0.25, 0.3) is 5.56 Å². The van der Waals surface area contributed by atoms with Crippen LogP contribution in [-0.4, -0.2) is 35.1 Å².